The van der Waals surface area contributed by atoms with Crippen LogP contribution in [0.3, 0.4) is 0 Å². The SMILES string of the molecule is C[C@H](Cc1nncn1C)c1cccc(NC(=O)c2cc(C(C)(C)O)c(Cl)cn2)c1. The van der Waals surface area contributed by atoms with Crippen molar-refractivity contribution in [3.63, 3.8) is 0 Å². The fourth-order valence-corrected chi connectivity index (χ4v) is 3.37. The molecule has 2 N–H and O–H groups in total. The molecule has 8 heteroatoms. The van der Waals surface area contributed by atoms with Gasteiger partial charge in [-0.3, -0.25) is 4.79 Å². The number of nitrogens with one attached hydrogen (secondary N) is 1. The van der Waals surface area contributed by atoms with Crippen molar-refractivity contribution in [3.8, 4) is 0 Å². The summed E-state index contributed by atoms with van der Waals surface area (Å²) >= 11 is 6.11. The van der Waals surface area contributed by atoms with E-state index < -0.39 is 5.60 Å². The summed E-state index contributed by atoms with van der Waals surface area (Å²) in [7, 11) is 1.92. The van der Waals surface area contributed by atoms with Crippen molar-refractivity contribution >= 4 is 23.2 Å². The van der Waals surface area contributed by atoms with Crippen LogP contribution in [-0.2, 0) is 19.1 Å². The Hall–Kier alpha value is -2.77. The molecule has 0 unspecified atom stereocenters. The van der Waals surface area contributed by atoms with Gasteiger partial charge in [0, 0.05) is 30.9 Å². The van der Waals surface area contributed by atoms with Crippen LogP contribution in [0, 0.1) is 0 Å². The molecule has 0 fully saturated rings. The molecule has 0 saturated carbocycles. The molecule has 0 spiro atoms. The number of aryl methyl sites for hydroxylation is 1. The lowest BCUT2D eigenvalue weighted by molar-refractivity contribution is 0.0785. The van der Waals surface area contributed by atoms with Crippen molar-refractivity contribution in [3.05, 3.63) is 70.5 Å². The molecule has 3 rings (SSSR count). The van der Waals surface area contributed by atoms with Gasteiger partial charge < -0.3 is 15.0 Å². The van der Waals surface area contributed by atoms with Crippen LogP contribution < -0.4 is 5.32 Å². The Labute approximate surface area is 174 Å². The normalized spacial score (nSPS) is 12.6. The first-order valence-corrected chi connectivity index (χ1v) is 9.65. The number of aliphatic hydroxyl groups is 1. The molecule has 2 heterocycles. The van der Waals surface area contributed by atoms with E-state index in [1.54, 1.807) is 20.2 Å². The summed E-state index contributed by atoms with van der Waals surface area (Å²) in [5.74, 6) is 0.729. The summed E-state index contributed by atoms with van der Waals surface area (Å²) in [4.78, 5) is 16.8. The number of nitrogens with zero attached hydrogens (tertiary/aromatic N) is 4. The Balaban J connectivity index is 1.76. The minimum Gasteiger partial charge on any atom is -0.386 e. The zero-order valence-electron chi connectivity index (χ0n) is 16.8. The molecule has 29 heavy (non-hydrogen) atoms. The van der Waals surface area contributed by atoms with Crippen LogP contribution in [0.25, 0.3) is 0 Å². The first-order chi connectivity index (χ1) is 13.6. The molecule has 7 nitrogen and oxygen atoms in total. The Kier molecular flexibility index (Phi) is 6.00. The van der Waals surface area contributed by atoms with E-state index in [-0.39, 0.29) is 17.5 Å². The van der Waals surface area contributed by atoms with E-state index in [0.29, 0.717) is 16.3 Å². The summed E-state index contributed by atoms with van der Waals surface area (Å²) in [5, 5.41) is 21.5. The molecule has 0 aliphatic carbocycles. The first-order valence-electron chi connectivity index (χ1n) is 9.27. The summed E-state index contributed by atoms with van der Waals surface area (Å²) in [5.41, 5.74) is 1.20. The highest BCUT2D eigenvalue weighted by Crippen LogP contribution is 2.28. The van der Waals surface area contributed by atoms with Crippen LogP contribution >= 0.6 is 11.6 Å². The molecule has 0 aliphatic heterocycles. The molecule has 0 bridgehead atoms. The minimum atomic E-state index is -1.18. The molecule has 2 aromatic heterocycles. The van der Waals surface area contributed by atoms with E-state index >= 15 is 0 Å². The third-order valence-electron chi connectivity index (χ3n) is 4.75. The van der Waals surface area contributed by atoms with Crippen molar-refractivity contribution < 1.29 is 9.90 Å². The fourth-order valence-electron chi connectivity index (χ4n) is 3.03. The number of amides is 1. The monoisotopic (exact) mass is 413 g/mol. The molecular formula is C21H24ClN5O2. The smallest absolute Gasteiger partial charge is 0.274 e. The first kappa shape index (κ1) is 21.0. The summed E-state index contributed by atoms with van der Waals surface area (Å²) in [6.07, 6.45) is 3.80. The van der Waals surface area contributed by atoms with E-state index in [4.69, 9.17) is 11.6 Å². The van der Waals surface area contributed by atoms with Gasteiger partial charge in [0.1, 0.15) is 17.8 Å². The number of halogens is 1. The zero-order chi connectivity index (χ0) is 21.2. The second kappa shape index (κ2) is 8.31. The molecule has 1 aromatic carbocycles. The number of benzene rings is 1. The topological polar surface area (TPSA) is 92.9 Å². The standard InChI is InChI=1S/C21H24ClN5O2/c1-13(8-19-26-24-12-27(19)4)14-6-5-7-15(9-14)25-20(28)18-10-16(21(2,3)29)17(22)11-23-18/h5-7,9-13,29H,8H2,1-4H3,(H,25,28)/t13-/m1/s1. The van der Waals surface area contributed by atoms with Gasteiger partial charge in [0.15, 0.2) is 0 Å². The van der Waals surface area contributed by atoms with Crippen molar-refractivity contribution in [1.29, 1.82) is 0 Å². The number of aromatic nitrogens is 4. The van der Waals surface area contributed by atoms with Gasteiger partial charge in [0.2, 0.25) is 0 Å². The van der Waals surface area contributed by atoms with Crippen molar-refractivity contribution in [2.75, 3.05) is 5.32 Å². The third-order valence-corrected chi connectivity index (χ3v) is 5.06. The zero-order valence-corrected chi connectivity index (χ0v) is 17.6. The summed E-state index contributed by atoms with van der Waals surface area (Å²) in [6, 6.07) is 9.19. The van der Waals surface area contributed by atoms with E-state index in [2.05, 4.69) is 27.4 Å². The van der Waals surface area contributed by atoms with Crippen molar-refractivity contribution in [1.82, 2.24) is 19.7 Å². The van der Waals surface area contributed by atoms with Crippen LogP contribution in [0.1, 0.15) is 54.1 Å². The highest BCUT2D eigenvalue weighted by molar-refractivity contribution is 6.31. The highest BCUT2D eigenvalue weighted by Gasteiger charge is 2.22. The van der Waals surface area contributed by atoms with Crippen LogP contribution in [0.15, 0.2) is 42.9 Å². The maximum atomic E-state index is 12.7. The lowest BCUT2D eigenvalue weighted by Gasteiger charge is -2.19. The third kappa shape index (κ3) is 4.99. The number of hydrogen-bond donors (Lipinski definition) is 2. The van der Waals surface area contributed by atoms with E-state index in [9.17, 15) is 9.90 Å². The average Bonchev–Trinajstić information content (AvgIpc) is 3.06. The van der Waals surface area contributed by atoms with E-state index in [1.807, 2.05) is 35.9 Å². The number of carbonyl (C=O) groups is 1. The maximum absolute atomic E-state index is 12.7. The number of carbonyl (C=O) groups excluding carboxylic acids is 1. The lowest BCUT2D eigenvalue weighted by atomic mass is 9.97. The second-order valence-electron chi connectivity index (χ2n) is 7.65. The van der Waals surface area contributed by atoms with Gasteiger partial charge in [-0.25, -0.2) is 4.98 Å². The average molecular weight is 414 g/mol. The molecular weight excluding hydrogens is 390 g/mol. The number of pyridine rings is 1. The molecule has 0 aliphatic rings. The molecule has 0 saturated heterocycles. The predicted octanol–water partition coefficient (Wildman–Crippen LogP) is 3.69. The number of anilines is 1. The van der Waals surface area contributed by atoms with Gasteiger partial charge in [0.25, 0.3) is 5.91 Å². The highest BCUT2D eigenvalue weighted by atomic mass is 35.5. The van der Waals surface area contributed by atoms with Gasteiger partial charge in [-0.1, -0.05) is 30.7 Å². The van der Waals surface area contributed by atoms with E-state index in [0.717, 1.165) is 17.8 Å². The van der Waals surface area contributed by atoms with Crippen LogP contribution in [0.5, 0.6) is 0 Å². The van der Waals surface area contributed by atoms with Gasteiger partial charge in [-0.2, -0.15) is 0 Å². The van der Waals surface area contributed by atoms with E-state index in [1.165, 1.54) is 12.3 Å². The van der Waals surface area contributed by atoms with Crippen LogP contribution in [0.4, 0.5) is 5.69 Å². The molecule has 152 valence electrons. The Bertz CT molecular complexity index is 1030. The Morgan fingerprint density at radius 1 is 1.34 bits per heavy atom. The summed E-state index contributed by atoms with van der Waals surface area (Å²) < 4.78 is 1.90. The molecule has 0 radical (unpaired) electrons. The number of hydrogen-bond acceptors (Lipinski definition) is 5. The fraction of sp³-hybridized carbons (Fsp3) is 0.333. The quantitative estimate of drug-likeness (QED) is 0.642. The van der Waals surface area contributed by atoms with Crippen molar-refractivity contribution in [2.24, 2.45) is 7.05 Å². The Morgan fingerprint density at radius 3 is 2.76 bits per heavy atom. The van der Waals surface area contributed by atoms with Crippen molar-refractivity contribution in [2.45, 2.75) is 38.7 Å². The lowest BCUT2D eigenvalue weighted by Crippen LogP contribution is -2.20. The maximum Gasteiger partial charge on any atom is 0.274 e. The predicted molar refractivity (Wildman–Crippen MR) is 112 cm³/mol. The summed E-state index contributed by atoms with van der Waals surface area (Å²) in [6.45, 7) is 5.32. The molecule has 3 aromatic rings. The minimum absolute atomic E-state index is 0.184. The second-order valence-corrected chi connectivity index (χ2v) is 8.06. The number of rotatable bonds is 6. The largest absolute Gasteiger partial charge is 0.386 e. The van der Waals surface area contributed by atoms with Gasteiger partial charge in [-0.15, -0.1) is 10.2 Å². The van der Waals surface area contributed by atoms with Gasteiger partial charge >= 0.3 is 0 Å². The molecule has 1 atom stereocenters. The Morgan fingerprint density at radius 2 is 2.10 bits per heavy atom. The van der Waals surface area contributed by atoms with Crippen LogP contribution in [-0.4, -0.2) is 30.8 Å². The van der Waals surface area contributed by atoms with Crippen LogP contribution in [0.2, 0.25) is 5.02 Å². The van der Waals surface area contributed by atoms with Gasteiger partial charge in [-0.05, 0) is 43.5 Å². The molecule has 1 amide bonds. The van der Waals surface area contributed by atoms with Gasteiger partial charge in [0.05, 0.1) is 10.6 Å².